The lowest BCUT2D eigenvalue weighted by Crippen LogP contribution is -2.43. The Labute approximate surface area is 76.8 Å². The summed E-state index contributed by atoms with van der Waals surface area (Å²) in [6.07, 6.45) is 0.262. The van der Waals surface area contributed by atoms with Gasteiger partial charge in [-0.2, -0.15) is 0 Å². The smallest absolute Gasteiger partial charge is 0.255 e. The van der Waals surface area contributed by atoms with Crippen molar-refractivity contribution in [1.82, 2.24) is 4.90 Å². The first-order valence-electron chi connectivity index (χ1n) is 4.28. The van der Waals surface area contributed by atoms with Gasteiger partial charge in [0.2, 0.25) is 5.91 Å². The molecule has 0 bridgehead atoms. The van der Waals surface area contributed by atoms with Crippen LogP contribution >= 0.6 is 0 Å². The van der Waals surface area contributed by atoms with Gasteiger partial charge in [0.25, 0.3) is 5.91 Å². The van der Waals surface area contributed by atoms with Crippen molar-refractivity contribution in [1.29, 1.82) is 0 Å². The Hall–Kier alpha value is -0.940. The lowest BCUT2D eigenvalue weighted by atomic mass is 10.3. The van der Waals surface area contributed by atoms with Gasteiger partial charge in [-0.25, -0.2) is 0 Å². The minimum atomic E-state index is -0.292. The van der Waals surface area contributed by atoms with E-state index in [1.165, 1.54) is 4.90 Å². The van der Waals surface area contributed by atoms with Crippen LogP contribution in [-0.4, -0.2) is 42.5 Å². The van der Waals surface area contributed by atoms with Crippen molar-refractivity contribution >= 4 is 11.8 Å². The molecule has 1 aliphatic rings. The molecule has 5 heteroatoms. The van der Waals surface area contributed by atoms with E-state index in [4.69, 9.17) is 10.5 Å². The van der Waals surface area contributed by atoms with Crippen LogP contribution in [0.1, 0.15) is 13.3 Å². The maximum Gasteiger partial charge on any atom is 0.255 e. The third-order valence-corrected chi connectivity index (χ3v) is 1.76. The molecular formula is C8H14N2O3. The summed E-state index contributed by atoms with van der Waals surface area (Å²) >= 11 is 0. The monoisotopic (exact) mass is 186 g/mol. The van der Waals surface area contributed by atoms with Crippen LogP contribution in [0.4, 0.5) is 0 Å². The van der Waals surface area contributed by atoms with Crippen molar-refractivity contribution in [2.24, 2.45) is 5.73 Å². The molecule has 1 saturated heterocycles. The van der Waals surface area contributed by atoms with Gasteiger partial charge in [0.1, 0.15) is 6.61 Å². The van der Waals surface area contributed by atoms with Crippen molar-refractivity contribution in [3.8, 4) is 0 Å². The quantitative estimate of drug-likeness (QED) is 0.568. The Kier molecular flexibility index (Phi) is 3.39. The highest BCUT2D eigenvalue weighted by Crippen LogP contribution is 2.02. The normalized spacial score (nSPS) is 21.5. The zero-order valence-electron chi connectivity index (χ0n) is 7.66. The fraction of sp³-hybridized carbons (Fsp3) is 0.750. The van der Waals surface area contributed by atoms with Crippen LogP contribution in [0.3, 0.4) is 0 Å². The third-order valence-electron chi connectivity index (χ3n) is 1.76. The lowest BCUT2D eigenvalue weighted by Gasteiger charge is -2.19. The number of carbonyl (C=O) groups is 2. The van der Waals surface area contributed by atoms with Crippen LogP contribution < -0.4 is 5.73 Å². The highest BCUT2D eigenvalue weighted by molar-refractivity contribution is 5.96. The number of rotatable bonds is 2. The van der Waals surface area contributed by atoms with E-state index in [1.807, 2.05) is 0 Å². The Morgan fingerprint density at radius 3 is 2.85 bits per heavy atom. The molecular weight excluding hydrogens is 172 g/mol. The second kappa shape index (κ2) is 4.34. The van der Waals surface area contributed by atoms with E-state index in [0.717, 1.165) is 0 Å². The van der Waals surface area contributed by atoms with Gasteiger partial charge in [0.05, 0.1) is 13.0 Å². The van der Waals surface area contributed by atoms with E-state index >= 15 is 0 Å². The zero-order valence-corrected chi connectivity index (χ0v) is 7.66. The summed E-state index contributed by atoms with van der Waals surface area (Å²) in [5, 5.41) is 0. The highest BCUT2D eigenvalue weighted by Gasteiger charge is 2.24. The molecule has 2 N–H and O–H groups in total. The molecule has 1 fully saturated rings. The minimum Gasteiger partial charge on any atom is -0.371 e. The van der Waals surface area contributed by atoms with Crippen LogP contribution in [-0.2, 0) is 14.3 Å². The van der Waals surface area contributed by atoms with Gasteiger partial charge in [0.15, 0.2) is 0 Å². The van der Waals surface area contributed by atoms with Crippen molar-refractivity contribution in [3.05, 3.63) is 0 Å². The number of ether oxygens (including phenoxy) is 1. The predicted molar refractivity (Wildman–Crippen MR) is 45.8 cm³/mol. The van der Waals surface area contributed by atoms with E-state index in [1.54, 1.807) is 6.92 Å². The number of imide groups is 1. The lowest BCUT2D eigenvalue weighted by molar-refractivity contribution is -0.144. The third kappa shape index (κ3) is 2.78. The molecule has 0 spiro atoms. The second-order valence-corrected chi connectivity index (χ2v) is 3.18. The maximum atomic E-state index is 11.3. The zero-order chi connectivity index (χ0) is 9.84. The van der Waals surface area contributed by atoms with Crippen LogP contribution in [0, 0.1) is 0 Å². The summed E-state index contributed by atoms with van der Waals surface area (Å²) < 4.78 is 4.94. The van der Waals surface area contributed by atoms with Crippen LogP contribution in [0.2, 0.25) is 0 Å². The van der Waals surface area contributed by atoms with E-state index in [9.17, 15) is 9.59 Å². The number of nitrogens with zero attached hydrogens (tertiary/aromatic N) is 1. The summed E-state index contributed by atoms with van der Waals surface area (Å²) in [5.41, 5.74) is 5.51. The molecule has 1 unspecified atom stereocenters. The Balaban J connectivity index is 2.63. The molecule has 1 aliphatic heterocycles. The van der Waals surface area contributed by atoms with Gasteiger partial charge in [-0.05, 0) is 6.92 Å². The topological polar surface area (TPSA) is 72.6 Å². The number of nitrogens with two attached hydrogens (primary N) is 1. The van der Waals surface area contributed by atoms with Gasteiger partial charge in [-0.3, -0.25) is 14.5 Å². The Morgan fingerprint density at radius 1 is 1.54 bits per heavy atom. The SMILES string of the molecule is CC(N)CN1C(=O)CCOCC1=O. The average Bonchev–Trinajstić information content (AvgIpc) is 2.18. The molecule has 13 heavy (non-hydrogen) atoms. The number of hydrogen-bond acceptors (Lipinski definition) is 4. The Bertz CT molecular complexity index is 197. The molecule has 5 nitrogen and oxygen atoms in total. The maximum absolute atomic E-state index is 11.3. The molecule has 1 atom stereocenters. The standard InChI is InChI=1S/C8H14N2O3/c1-6(9)4-10-7(11)2-3-13-5-8(10)12/h6H,2-5,9H2,1H3. The first-order chi connectivity index (χ1) is 6.11. The molecule has 0 radical (unpaired) electrons. The molecule has 0 aliphatic carbocycles. The van der Waals surface area contributed by atoms with E-state index < -0.39 is 0 Å². The number of hydrogen-bond donors (Lipinski definition) is 1. The fourth-order valence-corrected chi connectivity index (χ4v) is 1.16. The molecule has 0 saturated carbocycles. The molecule has 74 valence electrons. The predicted octanol–water partition coefficient (Wildman–Crippen LogP) is -0.891. The second-order valence-electron chi connectivity index (χ2n) is 3.18. The van der Waals surface area contributed by atoms with E-state index in [0.29, 0.717) is 6.61 Å². The minimum absolute atomic E-state index is 0.0154. The van der Waals surface area contributed by atoms with E-state index in [2.05, 4.69) is 0 Å². The molecule has 1 rings (SSSR count). The molecule has 2 amide bonds. The first-order valence-corrected chi connectivity index (χ1v) is 4.28. The van der Waals surface area contributed by atoms with Gasteiger partial charge in [0, 0.05) is 12.6 Å². The van der Waals surface area contributed by atoms with Gasteiger partial charge in [-0.15, -0.1) is 0 Å². The van der Waals surface area contributed by atoms with Crippen LogP contribution in [0.5, 0.6) is 0 Å². The largest absolute Gasteiger partial charge is 0.371 e. The van der Waals surface area contributed by atoms with Crippen molar-refractivity contribution < 1.29 is 14.3 Å². The van der Waals surface area contributed by atoms with Gasteiger partial charge in [-0.1, -0.05) is 0 Å². The summed E-state index contributed by atoms with van der Waals surface area (Å²) in [5.74, 6) is -0.486. The number of carbonyl (C=O) groups excluding carboxylic acids is 2. The summed E-state index contributed by atoms with van der Waals surface area (Å²) in [7, 11) is 0. The first kappa shape index (κ1) is 10.1. The highest BCUT2D eigenvalue weighted by atomic mass is 16.5. The fourth-order valence-electron chi connectivity index (χ4n) is 1.16. The van der Waals surface area contributed by atoms with Crippen LogP contribution in [0.25, 0.3) is 0 Å². The average molecular weight is 186 g/mol. The van der Waals surface area contributed by atoms with Gasteiger partial charge < -0.3 is 10.5 Å². The van der Waals surface area contributed by atoms with Crippen molar-refractivity contribution in [2.45, 2.75) is 19.4 Å². The van der Waals surface area contributed by atoms with Crippen molar-refractivity contribution in [2.75, 3.05) is 19.8 Å². The molecule has 0 aromatic rings. The molecule has 0 aromatic carbocycles. The molecule has 0 aromatic heterocycles. The number of amides is 2. The van der Waals surface area contributed by atoms with Crippen molar-refractivity contribution in [3.63, 3.8) is 0 Å². The summed E-state index contributed by atoms with van der Waals surface area (Å²) in [6.45, 7) is 2.34. The molecule has 1 heterocycles. The Morgan fingerprint density at radius 2 is 2.23 bits per heavy atom. The summed E-state index contributed by atoms with van der Waals surface area (Å²) in [4.78, 5) is 23.8. The van der Waals surface area contributed by atoms with Gasteiger partial charge >= 0.3 is 0 Å². The van der Waals surface area contributed by atoms with Crippen LogP contribution in [0.15, 0.2) is 0 Å². The summed E-state index contributed by atoms with van der Waals surface area (Å²) in [6, 6.07) is -0.189. The van der Waals surface area contributed by atoms with E-state index in [-0.39, 0.29) is 37.4 Å².